The number of hydrogen-bond acceptors (Lipinski definition) is 4. The fraction of sp³-hybridized carbons (Fsp3) is 0.273. The molecular formula is C33H34FN2NaO4. The number of aliphatic hydroxyl groups excluding tert-OH is 2. The van der Waals surface area contributed by atoms with Crippen LogP contribution >= 0.6 is 0 Å². The first-order valence-corrected chi connectivity index (χ1v) is 13.7. The van der Waals surface area contributed by atoms with Crippen molar-refractivity contribution in [2.24, 2.45) is 0 Å². The molecule has 3 N–H and O–H groups in total. The number of benzene rings is 3. The smallest absolute Gasteiger partial charge is 1.00 e. The second-order valence-electron chi connectivity index (χ2n) is 10.4. The third-order valence-corrected chi connectivity index (χ3v) is 7.43. The average molecular weight is 565 g/mol. The quantitative estimate of drug-likeness (QED) is 0.258. The molecule has 0 amide bonds. The molecule has 1 aromatic heterocycles. The van der Waals surface area contributed by atoms with Gasteiger partial charge in [0, 0.05) is 17.9 Å². The number of carboxylic acids is 1. The summed E-state index contributed by atoms with van der Waals surface area (Å²) in [5.41, 5.74) is 7.20. The summed E-state index contributed by atoms with van der Waals surface area (Å²) in [4.78, 5) is 10.9. The molecule has 41 heavy (non-hydrogen) atoms. The predicted molar refractivity (Wildman–Crippen MR) is 154 cm³/mol. The van der Waals surface area contributed by atoms with Crippen molar-refractivity contribution >= 4 is 12.0 Å². The minimum Gasteiger partial charge on any atom is -1.00 e. The molecule has 0 saturated heterocycles. The van der Waals surface area contributed by atoms with Crippen molar-refractivity contribution in [2.45, 2.75) is 56.7 Å². The van der Waals surface area contributed by atoms with Crippen molar-refractivity contribution in [3.05, 3.63) is 113 Å². The molecule has 0 radical (unpaired) electrons. The monoisotopic (exact) mass is 564 g/mol. The van der Waals surface area contributed by atoms with Gasteiger partial charge in [0.05, 0.1) is 35.7 Å². The number of fused-ring (bicyclic) bond motifs is 1. The predicted octanol–water partition coefficient (Wildman–Crippen LogP) is 3.06. The maximum atomic E-state index is 13.7. The van der Waals surface area contributed by atoms with Crippen LogP contribution in [0.3, 0.4) is 0 Å². The Morgan fingerprint density at radius 3 is 2.39 bits per heavy atom. The van der Waals surface area contributed by atoms with Crippen LogP contribution in [0.2, 0.25) is 0 Å². The number of carboxylic acid groups (broad SMARTS) is 1. The number of carbonyl (C=O) groups is 1. The van der Waals surface area contributed by atoms with Crippen LogP contribution in [0.4, 0.5) is 4.39 Å². The van der Waals surface area contributed by atoms with Gasteiger partial charge >= 0.3 is 35.5 Å². The van der Waals surface area contributed by atoms with Crippen molar-refractivity contribution < 1.29 is 55.5 Å². The van der Waals surface area contributed by atoms with E-state index in [0.717, 1.165) is 42.6 Å². The molecule has 0 fully saturated rings. The van der Waals surface area contributed by atoms with Gasteiger partial charge in [0.2, 0.25) is 0 Å². The van der Waals surface area contributed by atoms with Gasteiger partial charge in [-0.25, -0.2) is 9.07 Å². The van der Waals surface area contributed by atoms with E-state index in [1.165, 1.54) is 28.8 Å². The molecule has 0 bridgehead atoms. The molecular weight excluding hydrogens is 530 g/mol. The van der Waals surface area contributed by atoms with Crippen LogP contribution in [0.5, 0.6) is 0 Å². The van der Waals surface area contributed by atoms with E-state index in [0.29, 0.717) is 5.69 Å². The van der Waals surface area contributed by atoms with Crippen LogP contribution in [-0.4, -0.2) is 43.3 Å². The maximum absolute atomic E-state index is 13.7. The van der Waals surface area contributed by atoms with Crippen molar-refractivity contribution in [3.63, 3.8) is 0 Å². The average Bonchev–Trinajstić information content (AvgIpc) is 3.32. The number of halogens is 1. The summed E-state index contributed by atoms with van der Waals surface area (Å²) in [7, 11) is 0. The van der Waals surface area contributed by atoms with Crippen LogP contribution in [0, 0.1) is 5.82 Å². The summed E-state index contributed by atoms with van der Waals surface area (Å²) < 4.78 is 15.5. The first kappa shape index (κ1) is 30.9. The fourth-order valence-electron chi connectivity index (χ4n) is 5.47. The minimum absolute atomic E-state index is 0. The third kappa shape index (κ3) is 7.82. The van der Waals surface area contributed by atoms with Crippen LogP contribution in [0.1, 0.15) is 55.5 Å². The van der Waals surface area contributed by atoms with Gasteiger partial charge in [-0.2, -0.15) is 5.10 Å². The van der Waals surface area contributed by atoms with Gasteiger partial charge in [-0.3, -0.25) is 4.79 Å². The molecule has 6 nitrogen and oxygen atoms in total. The molecule has 0 spiro atoms. The van der Waals surface area contributed by atoms with Gasteiger partial charge in [-0.15, -0.1) is 0 Å². The summed E-state index contributed by atoms with van der Waals surface area (Å²) in [6.07, 6.45) is 4.33. The largest absolute Gasteiger partial charge is 1.00 e. The van der Waals surface area contributed by atoms with Gasteiger partial charge in [0.1, 0.15) is 5.82 Å². The van der Waals surface area contributed by atoms with E-state index < -0.39 is 24.6 Å². The number of rotatable bonds is 10. The molecule has 8 heteroatoms. The normalized spacial score (nSPS) is 16.1. The van der Waals surface area contributed by atoms with E-state index in [9.17, 15) is 19.4 Å². The SMILES string of the molecule is O=C(O)CC(O)CC(O)/C=C/c1c2c(nn1-c1ccc(F)cc1)C(Cc1ccc(-c3ccccc3)cc1)CCC2.[H-].[Na+]. The Morgan fingerprint density at radius 1 is 1.02 bits per heavy atom. The van der Waals surface area contributed by atoms with Crippen molar-refractivity contribution in [1.82, 2.24) is 9.78 Å². The molecule has 3 unspecified atom stereocenters. The summed E-state index contributed by atoms with van der Waals surface area (Å²) in [5.74, 6) is -1.24. The summed E-state index contributed by atoms with van der Waals surface area (Å²) in [5, 5.41) is 34.3. The zero-order chi connectivity index (χ0) is 28.1. The van der Waals surface area contributed by atoms with E-state index in [1.54, 1.807) is 29.0 Å². The molecule has 1 aliphatic carbocycles. The molecule has 5 rings (SSSR count). The zero-order valence-electron chi connectivity index (χ0n) is 24.2. The molecule has 0 saturated carbocycles. The molecule has 1 heterocycles. The first-order valence-electron chi connectivity index (χ1n) is 13.7. The maximum Gasteiger partial charge on any atom is 1.00 e. The number of aliphatic carboxylic acids is 1. The topological polar surface area (TPSA) is 95.6 Å². The van der Waals surface area contributed by atoms with Gasteiger partial charge in [0.15, 0.2) is 0 Å². The van der Waals surface area contributed by atoms with Crippen LogP contribution < -0.4 is 29.6 Å². The summed E-state index contributed by atoms with van der Waals surface area (Å²) in [6.45, 7) is 0. The van der Waals surface area contributed by atoms with Gasteiger partial charge in [-0.05, 0) is 72.7 Å². The van der Waals surface area contributed by atoms with Gasteiger partial charge in [0.25, 0.3) is 0 Å². The van der Waals surface area contributed by atoms with E-state index >= 15 is 0 Å². The van der Waals surface area contributed by atoms with E-state index in [4.69, 9.17) is 10.2 Å². The first-order chi connectivity index (χ1) is 19.4. The standard InChI is InChI=1S/C33H33FN2O4.Na.H/c34-26-13-15-27(16-14-26)36-31(18-17-28(37)20-29(38)21-32(39)40)30-8-4-7-25(33(30)35-36)19-22-9-11-24(12-10-22)23-5-2-1-3-6-23;;/h1-3,5-6,9-18,25,28-29,37-38H,4,7-8,19-21H2,(H,39,40);;/q;+1;-1/b18-17+;;. The van der Waals surface area contributed by atoms with Gasteiger partial charge < -0.3 is 16.7 Å². The number of hydrogen-bond donors (Lipinski definition) is 3. The second kappa shape index (κ2) is 14.2. The Morgan fingerprint density at radius 2 is 1.71 bits per heavy atom. The third-order valence-electron chi connectivity index (χ3n) is 7.43. The van der Waals surface area contributed by atoms with Gasteiger partial charge in [-0.1, -0.05) is 60.7 Å². The molecule has 3 aromatic carbocycles. The number of nitrogens with zero attached hydrogens (tertiary/aromatic N) is 2. The molecule has 0 aliphatic heterocycles. The Kier molecular flexibility index (Phi) is 10.7. The zero-order valence-corrected chi connectivity index (χ0v) is 25.2. The van der Waals surface area contributed by atoms with E-state index in [2.05, 4.69) is 36.4 Å². The number of aromatic nitrogens is 2. The Bertz CT molecular complexity index is 1480. The Balaban J connectivity index is 0.00000242. The van der Waals surface area contributed by atoms with Crippen molar-refractivity contribution in [2.75, 3.05) is 0 Å². The van der Waals surface area contributed by atoms with E-state index in [1.807, 2.05) is 18.2 Å². The van der Waals surface area contributed by atoms with Crippen molar-refractivity contribution in [1.29, 1.82) is 0 Å². The van der Waals surface area contributed by atoms with Crippen molar-refractivity contribution in [3.8, 4) is 16.8 Å². The van der Waals surface area contributed by atoms with E-state index in [-0.39, 0.29) is 49.1 Å². The second-order valence-corrected chi connectivity index (χ2v) is 10.4. The Labute approximate surface area is 263 Å². The number of aliphatic hydroxyl groups is 2. The van der Waals surface area contributed by atoms with Crippen LogP contribution in [0.15, 0.2) is 84.9 Å². The Hall–Kier alpha value is -3.07. The molecule has 4 aromatic rings. The fourth-order valence-corrected chi connectivity index (χ4v) is 5.47. The molecule has 3 atom stereocenters. The summed E-state index contributed by atoms with van der Waals surface area (Å²) in [6, 6.07) is 25.1. The summed E-state index contributed by atoms with van der Waals surface area (Å²) >= 11 is 0. The minimum atomic E-state index is -1.15. The van der Waals surface area contributed by atoms with Crippen LogP contribution in [-0.2, 0) is 17.6 Å². The van der Waals surface area contributed by atoms with Crippen LogP contribution in [0.25, 0.3) is 22.9 Å². The molecule has 208 valence electrons. The molecule has 1 aliphatic rings.